The molecule has 0 amide bonds. The standard InChI is InChI=1S/C15H22N2O3/c1-9-5-7-15(20-4,8-6-9)14-16-10(2)12(13(18)19)11(3)17-14/h9H,5-8H2,1-4H3,(H,18,19). The van der Waals surface area contributed by atoms with Crippen molar-refractivity contribution in [2.45, 2.75) is 52.1 Å². The van der Waals surface area contributed by atoms with Crippen molar-refractivity contribution in [3.8, 4) is 0 Å². The van der Waals surface area contributed by atoms with E-state index in [-0.39, 0.29) is 5.56 Å². The minimum absolute atomic E-state index is 0.198. The molecule has 1 aromatic heterocycles. The third-order valence-corrected chi connectivity index (χ3v) is 4.36. The molecule has 0 aromatic carbocycles. The Morgan fingerprint density at radius 1 is 1.25 bits per heavy atom. The van der Waals surface area contributed by atoms with Gasteiger partial charge in [0.25, 0.3) is 0 Å². The van der Waals surface area contributed by atoms with Gasteiger partial charge in [0.2, 0.25) is 0 Å². The molecular formula is C15H22N2O3. The van der Waals surface area contributed by atoms with Crippen LogP contribution in [0.1, 0.15) is 60.2 Å². The summed E-state index contributed by atoms with van der Waals surface area (Å²) in [5, 5.41) is 9.19. The van der Waals surface area contributed by atoms with Gasteiger partial charge in [0.15, 0.2) is 5.82 Å². The minimum atomic E-state index is -0.977. The maximum Gasteiger partial charge on any atom is 0.339 e. The van der Waals surface area contributed by atoms with E-state index in [2.05, 4.69) is 16.9 Å². The molecule has 1 aliphatic rings. The van der Waals surface area contributed by atoms with Gasteiger partial charge in [-0.1, -0.05) is 6.92 Å². The van der Waals surface area contributed by atoms with Crippen molar-refractivity contribution >= 4 is 5.97 Å². The molecule has 0 radical (unpaired) electrons. The maximum absolute atomic E-state index is 11.2. The fourth-order valence-electron chi connectivity index (χ4n) is 2.98. The predicted molar refractivity (Wildman–Crippen MR) is 74.8 cm³/mol. The first kappa shape index (κ1) is 14.9. The van der Waals surface area contributed by atoms with Crippen LogP contribution in [0.3, 0.4) is 0 Å². The van der Waals surface area contributed by atoms with Crippen molar-refractivity contribution < 1.29 is 14.6 Å². The molecule has 1 aromatic rings. The summed E-state index contributed by atoms with van der Waals surface area (Å²) >= 11 is 0. The number of aryl methyl sites for hydroxylation is 2. The Labute approximate surface area is 119 Å². The molecule has 0 bridgehead atoms. The van der Waals surface area contributed by atoms with Crippen molar-refractivity contribution in [1.82, 2.24) is 9.97 Å². The van der Waals surface area contributed by atoms with Crippen LogP contribution in [0.2, 0.25) is 0 Å². The number of carboxylic acid groups (broad SMARTS) is 1. The summed E-state index contributed by atoms with van der Waals surface area (Å²) in [5.74, 6) is 0.348. The Balaban J connectivity index is 2.44. The summed E-state index contributed by atoms with van der Waals surface area (Å²) in [6, 6.07) is 0. The Morgan fingerprint density at radius 3 is 2.15 bits per heavy atom. The van der Waals surface area contributed by atoms with E-state index in [1.807, 2.05) is 0 Å². The number of aromatic carboxylic acids is 1. The number of nitrogens with zero attached hydrogens (tertiary/aromatic N) is 2. The monoisotopic (exact) mass is 278 g/mol. The quantitative estimate of drug-likeness (QED) is 0.920. The summed E-state index contributed by atoms with van der Waals surface area (Å²) in [5.41, 5.74) is 0.758. The van der Waals surface area contributed by atoms with E-state index in [1.165, 1.54) is 0 Å². The molecule has 1 fully saturated rings. The summed E-state index contributed by atoms with van der Waals surface area (Å²) in [6.07, 6.45) is 3.93. The first-order chi connectivity index (χ1) is 9.39. The van der Waals surface area contributed by atoms with E-state index in [0.717, 1.165) is 25.7 Å². The van der Waals surface area contributed by atoms with E-state index in [0.29, 0.717) is 23.1 Å². The molecule has 0 saturated heterocycles. The molecule has 2 rings (SSSR count). The van der Waals surface area contributed by atoms with Crippen LogP contribution < -0.4 is 0 Å². The van der Waals surface area contributed by atoms with E-state index in [9.17, 15) is 9.90 Å². The second kappa shape index (κ2) is 5.48. The van der Waals surface area contributed by atoms with Crippen LogP contribution in [-0.2, 0) is 10.3 Å². The van der Waals surface area contributed by atoms with E-state index >= 15 is 0 Å². The summed E-state index contributed by atoms with van der Waals surface area (Å²) in [7, 11) is 1.69. The molecule has 1 N–H and O–H groups in total. The summed E-state index contributed by atoms with van der Waals surface area (Å²) in [6.45, 7) is 5.68. The molecule has 5 heteroatoms. The Kier molecular flexibility index (Phi) is 4.09. The lowest BCUT2D eigenvalue weighted by atomic mass is 9.78. The van der Waals surface area contributed by atoms with Crippen molar-refractivity contribution in [1.29, 1.82) is 0 Å². The normalized spacial score (nSPS) is 26.5. The SMILES string of the molecule is COC1(c2nc(C)c(C(=O)O)c(C)n2)CCC(C)CC1. The zero-order valence-electron chi connectivity index (χ0n) is 12.6. The largest absolute Gasteiger partial charge is 0.478 e. The molecule has 5 nitrogen and oxygen atoms in total. The fraction of sp³-hybridized carbons (Fsp3) is 0.667. The van der Waals surface area contributed by atoms with Crippen molar-refractivity contribution in [3.63, 3.8) is 0 Å². The van der Waals surface area contributed by atoms with Gasteiger partial charge >= 0.3 is 5.97 Å². The van der Waals surface area contributed by atoms with Crippen molar-refractivity contribution in [2.24, 2.45) is 5.92 Å². The van der Waals surface area contributed by atoms with Crippen LogP contribution in [0.25, 0.3) is 0 Å². The highest BCUT2D eigenvalue weighted by atomic mass is 16.5. The lowest BCUT2D eigenvalue weighted by Gasteiger charge is -2.37. The smallest absolute Gasteiger partial charge is 0.339 e. The molecule has 0 aliphatic heterocycles. The van der Waals surface area contributed by atoms with Crippen LogP contribution in [0.5, 0.6) is 0 Å². The first-order valence-electron chi connectivity index (χ1n) is 7.04. The number of rotatable bonds is 3. The van der Waals surface area contributed by atoms with E-state index in [1.54, 1.807) is 21.0 Å². The summed E-state index contributed by atoms with van der Waals surface area (Å²) < 4.78 is 5.75. The van der Waals surface area contributed by atoms with E-state index < -0.39 is 11.6 Å². The van der Waals surface area contributed by atoms with Gasteiger partial charge in [-0.15, -0.1) is 0 Å². The van der Waals surface area contributed by atoms with Crippen LogP contribution >= 0.6 is 0 Å². The highest BCUT2D eigenvalue weighted by molar-refractivity contribution is 5.89. The second-order valence-electron chi connectivity index (χ2n) is 5.78. The molecular weight excluding hydrogens is 256 g/mol. The lowest BCUT2D eigenvalue weighted by Crippen LogP contribution is -2.36. The average Bonchev–Trinajstić information content (AvgIpc) is 2.38. The van der Waals surface area contributed by atoms with Gasteiger partial charge in [0.05, 0.1) is 11.4 Å². The van der Waals surface area contributed by atoms with Gasteiger partial charge in [0.1, 0.15) is 11.2 Å². The first-order valence-corrected chi connectivity index (χ1v) is 7.04. The number of aromatic nitrogens is 2. The highest BCUT2D eigenvalue weighted by Crippen LogP contribution is 2.40. The zero-order chi connectivity index (χ0) is 14.9. The third-order valence-electron chi connectivity index (χ3n) is 4.36. The number of carbonyl (C=O) groups is 1. The van der Waals surface area contributed by atoms with Gasteiger partial charge in [-0.05, 0) is 45.4 Å². The molecule has 1 saturated carbocycles. The van der Waals surface area contributed by atoms with Gasteiger partial charge in [-0.3, -0.25) is 0 Å². The molecule has 1 heterocycles. The van der Waals surface area contributed by atoms with E-state index in [4.69, 9.17) is 4.74 Å². The number of ether oxygens (including phenoxy) is 1. The van der Waals surface area contributed by atoms with Crippen LogP contribution in [-0.4, -0.2) is 28.2 Å². The molecule has 0 spiro atoms. The minimum Gasteiger partial charge on any atom is -0.478 e. The van der Waals surface area contributed by atoms with Crippen molar-refractivity contribution in [3.05, 3.63) is 22.8 Å². The molecule has 0 atom stereocenters. The average molecular weight is 278 g/mol. The molecule has 20 heavy (non-hydrogen) atoms. The molecule has 0 unspecified atom stereocenters. The van der Waals surface area contributed by atoms with Gasteiger partial charge < -0.3 is 9.84 Å². The maximum atomic E-state index is 11.2. The number of carboxylic acids is 1. The molecule has 110 valence electrons. The predicted octanol–water partition coefficient (Wildman–Crippen LogP) is 2.84. The third kappa shape index (κ3) is 2.54. The van der Waals surface area contributed by atoms with Crippen LogP contribution in [0, 0.1) is 19.8 Å². The summed E-state index contributed by atoms with van der Waals surface area (Å²) in [4.78, 5) is 20.1. The highest BCUT2D eigenvalue weighted by Gasteiger charge is 2.39. The van der Waals surface area contributed by atoms with Crippen molar-refractivity contribution in [2.75, 3.05) is 7.11 Å². The second-order valence-corrected chi connectivity index (χ2v) is 5.78. The molecule has 1 aliphatic carbocycles. The van der Waals surface area contributed by atoms with Crippen LogP contribution in [0.15, 0.2) is 0 Å². The lowest BCUT2D eigenvalue weighted by molar-refractivity contribution is -0.0599. The number of hydrogen-bond acceptors (Lipinski definition) is 4. The van der Waals surface area contributed by atoms with Crippen LogP contribution in [0.4, 0.5) is 0 Å². The Bertz CT molecular complexity index is 497. The number of methoxy groups -OCH3 is 1. The Hall–Kier alpha value is -1.49. The fourth-order valence-corrected chi connectivity index (χ4v) is 2.98. The van der Waals surface area contributed by atoms with Gasteiger partial charge in [-0.25, -0.2) is 14.8 Å². The number of hydrogen-bond donors (Lipinski definition) is 1. The topological polar surface area (TPSA) is 72.3 Å². The van der Waals surface area contributed by atoms with Gasteiger partial charge in [0, 0.05) is 7.11 Å². The zero-order valence-corrected chi connectivity index (χ0v) is 12.6. The van der Waals surface area contributed by atoms with Gasteiger partial charge in [-0.2, -0.15) is 0 Å². The Morgan fingerprint density at radius 2 is 1.75 bits per heavy atom.